The molecule has 1 heterocycles. The summed E-state index contributed by atoms with van der Waals surface area (Å²) in [5.74, 6) is 0.713. The number of aliphatic hydroxyl groups is 1. The van der Waals surface area contributed by atoms with Crippen LogP contribution in [0.4, 0.5) is 0 Å². The van der Waals surface area contributed by atoms with Crippen molar-refractivity contribution in [2.24, 2.45) is 23.7 Å². The minimum absolute atomic E-state index is 0.0402. The lowest BCUT2D eigenvalue weighted by atomic mass is 9.80. The van der Waals surface area contributed by atoms with Gasteiger partial charge in [0, 0.05) is 5.92 Å². The van der Waals surface area contributed by atoms with Crippen molar-refractivity contribution < 1.29 is 14.6 Å². The van der Waals surface area contributed by atoms with E-state index >= 15 is 0 Å². The maximum Gasteiger partial charge on any atom is 0.311 e. The second kappa shape index (κ2) is 2.98. The summed E-state index contributed by atoms with van der Waals surface area (Å²) in [7, 11) is 0. The first-order valence-corrected chi connectivity index (χ1v) is 5.00. The van der Waals surface area contributed by atoms with Crippen LogP contribution in [0, 0.1) is 23.7 Å². The summed E-state index contributed by atoms with van der Waals surface area (Å²) in [6, 6.07) is 0. The van der Waals surface area contributed by atoms with E-state index in [9.17, 15) is 9.90 Å². The summed E-state index contributed by atoms with van der Waals surface area (Å²) in [5, 5.41) is 9.44. The molecule has 0 aromatic carbocycles. The second-order valence-electron chi connectivity index (χ2n) is 4.43. The van der Waals surface area contributed by atoms with Crippen LogP contribution in [0.1, 0.15) is 26.7 Å². The van der Waals surface area contributed by atoms with Crippen LogP contribution in [0.15, 0.2) is 0 Å². The molecule has 2 aliphatic rings. The van der Waals surface area contributed by atoms with Crippen molar-refractivity contribution in [3.8, 4) is 0 Å². The van der Waals surface area contributed by atoms with Crippen molar-refractivity contribution in [3.63, 3.8) is 0 Å². The molecule has 1 N–H and O–H groups in total. The molecule has 1 saturated carbocycles. The summed E-state index contributed by atoms with van der Waals surface area (Å²) < 4.78 is 4.90. The van der Waals surface area contributed by atoms with Gasteiger partial charge in [-0.1, -0.05) is 13.8 Å². The summed E-state index contributed by atoms with van der Waals surface area (Å²) >= 11 is 0. The van der Waals surface area contributed by atoms with E-state index in [1.807, 2.05) is 6.92 Å². The van der Waals surface area contributed by atoms with Crippen molar-refractivity contribution in [3.05, 3.63) is 0 Å². The highest BCUT2D eigenvalue weighted by molar-refractivity contribution is 5.74. The fourth-order valence-corrected chi connectivity index (χ4v) is 2.75. The topological polar surface area (TPSA) is 46.5 Å². The number of hydrogen-bond acceptors (Lipinski definition) is 3. The summed E-state index contributed by atoms with van der Waals surface area (Å²) in [5.41, 5.74) is 0. The molecule has 0 aromatic heterocycles. The summed E-state index contributed by atoms with van der Waals surface area (Å²) in [4.78, 5) is 11.5. The van der Waals surface area contributed by atoms with Gasteiger partial charge in [0.25, 0.3) is 0 Å². The molecule has 3 nitrogen and oxygen atoms in total. The highest BCUT2D eigenvalue weighted by atomic mass is 16.6. The van der Waals surface area contributed by atoms with Gasteiger partial charge in [-0.2, -0.15) is 0 Å². The molecule has 3 heteroatoms. The van der Waals surface area contributed by atoms with E-state index in [2.05, 4.69) is 6.92 Å². The Morgan fingerprint density at radius 2 is 2.08 bits per heavy atom. The third-order valence-corrected chi connectivity index (χ3v) is 3.66. The number of aliphatic hydroxyl groups excluding tert-OH is 1. The third kappa shape index (κ3) is 1.26. The second-order valence-corrected chi connectivity index (χ2v) is 4.43. The van der Waals surface area contributed by atoms with Gasteiger partial charge in [0.1, 0.15) is 0 Å². The van der Waals surface area contributed by atoms with E-state index < -0.39 is 6.29 Å². The monoisotopic (exact) mass is 184 g/mol. The molecular formula is C10H16O3. The number of hydrogen-bond donors (Lipinski definition) is 1. The normalized spacial score (nSPS) is 50.1. The van der Waals surface area contributed by atoms with E-state index in [-0.39, 0.29) is 17.8 Å². The van der Waals surface area contributed by atoms with Gasteiger partial charge >= 0.3 is 5.97 Å². The Kier molecular flexibility index (Phi) is 2.06. The van der Waals surface area contributed by atoms with Crippen molar-refractivity contribution in [1.82, 2.24) is 0 Å². The summed E-state index contributed by atoms with van der Waals surface area (Å²) in [6.45, 7) is 4.06. The smallest absolute Gasteiger partial charge is 0.311 e. The Labute approximate surface area is 78.1 Å². The van der Waals surface area contributed by atoms with Crippen molar-refractivity contribution in [2.75, 3.05) is 0 Å². The fraction of sp³-hybridized carbons (Fsp3) is 0.900. The van der Waals surface area contributed by atoms with Crippen LogP contribution >= 0.6 is 0 Å². The van der Waals surface area contributed by atoms with Gasteiger partial charge in [-0.3, -0.25) is 4.79 Å². The van der Waals surface area contributed by atoms with Crippen molar-refractivity contribution in [1.29, 1.82) is 0 Å². The molecule has 1 aliphatic heterocycles. The molecule has 0 aromatic rings. The SMILES string of the molecule is CC1C(O)OC(=O)[C@H]2[C@@H]1CC[C@@H]2C. The lowest BCUT2D eigenvalue weighted by molar-refractivity contribution is -0.204. The zero-order valence-corrected chi connectivity index (χ0v) is 8.06. The standard InChI is InChI=1S/C10H16O3/c1-5-3-4-7-6(2)9(11)13-10(12)8(5)7/h5-9,11H,3-4H2,1-2H3/t5-,6?,7+,8+,9?/m0/s1. The highest BCUT2D eigenvalue weighted by Crippen LogP contribution is 2.45. The first kappa shape index (κ1) is 9.00. The van der Waals surface area contributed by atoms with Gasteiger partial charge in [-0.15, -0.1) is 0 Å². The van der Waals surface area contributed by atoms with E-state index in [4.69, 9.17) is 4.74 Å². The van der Waals surface area contributed by atoms with Crippen LogP contribution < -0.4 is 0 Å². The number of esters is 1. The number of fused-ring (bicyclic) bond motifs is 1. The van der Waals surface area contributed by atoms with Crippen LogP contribution in [-0.2, 0) is 9.53 Å². The van der Waals surface area contributed by atoms with Gasteiger partial charge in [-0.05, 0) is 24.7 Å². The average Bonchev–Trinajstić information content (AvgIpc) is 2.44. The number of carbonyl (C=O) groups excluding carboxylic acids is 1. The molecule has 0 radical (unpaired) electrons. The lowest BCUT2D eigenvalue weighted by Crippen LogP contribution is -2.43. The third-order valence-electron chi connectivity index (χ3n) is 3.66. The van der Waals surface area contributed by atoms with Gasteiger partial charge in [0.2, 0.25) is 6.29 Å². The minimum Gasteiger partial charge on any atom is -0.435 e. The molecule has 5 atom stereocenters. The molecular weight excluding hydrogens is 168 g/mol. The van der Waals surface area contributed by atoms with Crippen molar-refractivity contribution in [2.45, 2.75) is 33.0 Å². The van der Waals surface area contributed by atoms with Crippen LogP contribution in [0.25, 0.3) is 0 Å². The van der Waals surface area contributed by atoms with E-state index in [1.54, 1.807) is 0 Å². The molecule has 1 saturated heterocycles. The molecule has 0 bridgehead atoms. The zero-order valence-electron chi connectivity index (χ0n) is 8.06. The van der Waals surface area contributed by atoms with Crippen LogP contribution in [0.2, 0.25) is 0 Å². The highest BCUT2D eigenvalue weighted by Gasteiger charge is 2.48. The van der Waals surface area contributed by atoms with Gasteiger partial charge in [0.05, 0.1) is 5.92 Å². The predicted molar refractivity (Wildman–Crippen MR) is 46.6 cm³/mol. The molecule has 2 unspecified atom stereocenters. The molecule has 2 fully saturated rings. The van der Waals surface area contributed by atoms with E-state index in [0.29, 0.717) is 11.8 Å². The van der Waals surface area contributed by atoms with Crippen LogP contribution in [-0.4, -0.2) is 17.4 Å². The first-order valence-electron chi connectivity index (χ1n) is 5.00. The van der Waals surface area contributed by atoms with Gasteiger partial charge < -0.3 is 9.84 Å². The molecule has 2 rings (SSSR count). The van der Waals surface area contributed by atoms with E-state index in [1.165, 1.54) is 0 Å². The molecule has 0 amide bonds. The number of rotatable bonds is 0. The van der Waals surface area contributed by atoms with Gasteiger partial charge in [-0.25, -0.2) is 0 Å². The number of ether oxygens (including phenoxy) is 1. The quantitative estimate of drug-likeness (QED) is 0.575. The predicted octanol–water partition coefficient (Wildman–Crippen LogP) is 1.16. The maximum atomic E-state index is 11.5. The Bertz CT molecular complexity index is 226. The van der Waals surface area contributed by atoms with Crippen LogP contribution in [0.5, 0.6) is 0 Å². The molecule has 1 aliphatic carbocycles. The summed E-state index contributed by atoms with van der Waals surface area (Å²) in [6.07, 6.45) is 1.26. The Hall–Kier alpha value is -0.570. The molecule has 74 valence electrons. The van der Waals surface area contributed by atoms with Crippen LogP contribution in [0.3, 0.4) is 0 Å². The number of carbonyl (C=O) groups is 1. The van der Waals surface area contributed by atoms with Crippen molar-refractivity contribution >= 4 is 5.97 Å². The van der Waals surface area contributed by atoms with E-state index in [0.717, 1.165) is 12.8 Å². The largest absolute Gasteiger partial charge is 0.435 e. The Morgan fingerprint density at radius 3 is 2.77 bits per heavy atom. The average molecular weight is 184 g/mol. The first-order chi connectivity index (χ1) is 6.11. The lowest BCUT2D eigenvalue weighted by Gasteiger charge is -2.35. The molecule has 13 heavy (non-hydrogen) atoms. The number of cyclic esters (lactones) is 1. The maximum absolute atomic E-state index is 11.5. The Morgan fingerprint density at radius 1 is 1.38 bits per heavy atom. The zero-order chi connectivity index (χ0) is 9.59. The fourth-order valence-electron chi connectivity index (χ4n) is 2.75. The minimum atomic E-state index is -0.876. The Balaban J connectivity index is 2.21. The molecule has 0 spiro atoms. The van der Waals surface area contributed by atoms with Gasteiger partial charge in [0.15, 0.2) is 0 Å².